The van der Waals surface area contributed by atoms with Crippen LogP contribution in [0.15, 0.2) is 24.3 Å². The van der Waals surface area contributed by atoms with E-state index in [1.54, 1.807) is 0 Å². The first-order valence-electron chi connectivity index (χ1n) is 9.74. The third-order valence-corrected chi connectivity index (χ3v) is 5.41. The van der Waals surface area contributed by atoms with Gasteiger partial charge in [0.2, 0.25) is 5.91 Å². The number of nitrogens with one attached hydrogen (secondary N) is 1. The Kier molecular flexibility index (Phi) is 5.73. The van der Waals surface area contributed by atoms with E-state index in [-0.39, 0.29) is 18.0 Å². The Bertz CT molecular complexity index is 840. The van der Waals surface area contributed by atoms with Crippen molar-refractivity contribution < 1.29 is 9.59 Å². The highest BCUT2D eigenvalue weighted by Crippen LogP contribution is 2.25. The summed E-state index contributed by atoms with van der Waals surface area (Å²) in [6.45, 7) is 8.55. The molecule has 0 aliphatic carbocycles. The number of carbonyl (C=O) groups excluding carboxylic acids is 2. The van der Waals surface area contributed by atoms with Gasteiger partial charge in [-0.3, -0.25) is 4.79 Å². The molecule has 1 fully saturated rings. The molecule has 3 rings (SSSR count). The minimum absolute atomic E-state index is 0.0378. The van der Waals surface area contributed by atoms with Crippen LogP contribution in [0, 0.1) is 6.92 Å². The predicted octanol–water partition coefficient (Wildman–Crippen LogP) is 2.68. The maximum atomic E-state index is 13.0. The molecule has 0 radical (unpaired) electrons. The average molecular weight is 370 g/mol. The summed E-state index contributed by atoms with van der Waals surface area (Å²) in [5.74, 6) is 0.139. The molecule has 1 aliphatic heterocycles. The van der Waals surface area contributed by atoms with Crippen LogP contribution in [0.4, 0.5) is 4.79 Å². The van der Waals surface area contributed by atoms with Gasteiger partial charge < -0.3 is 19.7 Å². The van der Waals surface area contributed by atoms with E-state index in [1.165, 1.54) is 0 Å². The van der Waals surface area contributed by atoms with Gasteiger partial charge in [0.05, 0.1) is 6.42 Å². The van der Waals surface area contributed by atoms with E-state index in [0.29, 0.717) is 32.6 Å². The van der Waals surface area contributed by atoms with Gasteiger partial charge in [0.1, 0.15) is 0 Å². The number of fused-ring (bicyclic) bond motifs is 1. The summed E-state index contributed by atoms with van der Waals surface area (Å²) >= 11 is 0. The zero-order valence-electron chi connectivity index (χ0n) is 16.8. The van der Waals surface area contributed by atoms with Crippen molar-refractivity contribution in [3.63, 3.8) is 0 Å². The summed E-state index contributed by atoms with van der Waals surface area (Å²) in [4.78, 5) is 28.9. The van der Waals surface area contributed by atoms with Crippen molar-refractivity contribution in [1.29, 1.82) is 0 Å². The van der Waals surface area contributed by atoms with Gasteiger partial charge in [-0.1, -0.05) is 18.2 Å². The third-order valence-electron chi connectivity index (χ3n) is 5.41. The molecule has 6 nitrogen and oxygen atoms in total. The molecule has 0 bridgehead atoms. The molecular formula is C21H30N4O2. The van der Waals surface area contributed by atoms with Crippen LogP contribution >= 0.6 is 0 Å². The zero-order valence-corrected chi connectivity index (χ0v) is 16.8. The van der Waals surface area contributed by atoms with Crippen LogP contribution in [-0.2, 0) is 18.3 Å². The first kappa shape index (κ1) is 19.3. The van der Waals surface area contributed by atoms with Gasteiger partial charge in [0.25, 0.3) is 0 Å². The van der Waals surface area contributed by atoms with E-state index in [0.717, 1.165) is 28.6 Å². The first-order chi connectivity index (χ1) is 12.9. The maximum Gasteiger partial charge on any atom is 0.317 e. The number of nitrogens with zero attached hydrogens (tertiary/aromatic N) is 3. The number of carbonyl (C=O) groups is 2. The lowest BCUT2D eigenvalue weighted by Crippen LogP contribution is -2.45. The average Bonchev–Trinajstić information content (AvgIpc) is 2.83. The molecule has 3 amide bonds. The third kappa shape index (κ3) is 4.10. The van der Waals surface area contributed by atoms with Crippen LogP contribution in [-0.4, -0.2) is 58.5 Å². The molecule has 0 spiro atoms. The number of urea groups is 1. The molecule has 2 aromatic rings. The molecule has 0 unspecified atom stereocenters. The minimum Gasteiger partial charge on any atom is -0.348 e. The second-order valence-corrected chi connectivity index (χ2v) is 7.64. The van der Waals surface area contributed by atoms with Crippen LogP contribution in [0.5, 0.6) is 0 Å². The SMILES string of the molecule is Cc1c(CC(=O)N2CCCN(C(=O)NC(C)C)CC2)c2ccccc2n1C. The lowest BCUT2D eigenvalue weighted by atomic mass is 10.1. The number of para-hydroxylation sites is 1. The van der Waals surface area contributed by atoms with Crippen molar-refractivity contribution in [3.8, 4) is 0 Å². The molecule has 1 saturated heterocycles. The van der Waals surface area contributed by atoms with Crippen molar-refractivity contribution >= 4 is 22.8 Å². The van der Waals surface area contributed by atoms with Gasteiger partial charge in [0, 0.05) is 55.9 Å². The predicted molar refractivity (Wildman–Crippen MR) is 108 cm³/mol. The smallest absolute Gasteiger partial charge is 0.317 e. The summed E-state index contributed by atoms with van der Waals surface area (Å²) in [5.41, 5.74) is 3.40. The number of hydrogen-bond acceptors (Lipinski definition) is 2. The standard InChI is InChI=1S/C21H30N4O2/c1-15(2)22-21(27)25-11-7-10-24(12-13-25)20(26)14-18-16(3)23(4)19-9-6-5-8-17(18)19/h5-6,8-9,15H,7,10-14H2,1-4H3,(H,22,27). The lowest BCUT2D eigenvalue weighted by molar-refractivity contribution is -0.130. The van der Waals surface area contributed by atoms with Crippen molar-refractivity contribution in [3.05, 3.63) is 35.5 Å². The lowest BCUT2D eigenvalue weighted by Gasteiger charge is -2.23. The van der Waals surface area contributed by atoms with Crippen LogP contribution in [0.3, 0.4) is 0 Å². The van der Waals surface area contributed by atoms with Gasteiger partial charge in [-0.2, -0.15) is 0 Å². The summed E-state index contributed by atoms with van der Waals surface area (Å²) in [6.07, 6.45) is 1.22. The van der Waals surface area contributed by atoms with Crippen LogP contribution < -0.4 is 5.32 Å². The number of aromatic nitrogens is 1. The summed E-state index contributed by atoms with van der Waals surface area (Å²) in [6, 6.07) is 8.31. The van der Waals surface area contributed by atoms with Crippen molar-refractivity contribution in [2.75, 3.05) is 26.2 Å². The van der Waals surface area contributed by atoms with E-state index in [1.807, 2.05) is 42.8 Å². The van der Waals surface area contributed by atoms with E-state index in [4.69, 9.17) is 0 Å². The Morgan fingerprint density at radius 2 is 1.74 bits per heavy atom. The number of aryl methyl sites for hydroxylation is 1. The molecule has 0 saturated carbocycles. The molecule has 1 aliphatic rings. The van der Waals surface area contributed by atoms with E-state index >= 15 is 0 Å². The maximum absolute atomic E-state index is 13.0. The molecule has 0 atom stereocenters. The molecular weight excluding hydrogens is 340 g/mol. The topological polar surface area (TPSA) is 57.6 Å². The van der Waals surface area contributed by atoms with Crippen LogP contribution in [0.1, 0.15) is 31.5 Å². The molecule has 146 valence electrons. The largest absolute Gasteiger partial charge is 0.348 e. The fourth-order valence-electron chi connectivity index (χ4n) is 3.79. The van der Waals surface area contributed by atoms with Gasteiger partial charge in [-0.25, -0.2) is 4.79 Å². The van der Waals surface area contributed by atoms with E-state index < -0.39 is 0 Å². The molecule has 1 N–H and O–H groups in total. The zero-order chi connectivity index (χ0) is 19.6. The Balaban J connectivity index is 1.69. The molecule has 27 heavy (non-hydrogen) atoms. The van der Waals surface area contributed by atoms with Gasteiger partial charge in [0.15, 0.2) is 0 Å². The Hall–Kier alpha value is -2.50. The normalized spacial score (nSPS) is 15.3. The second-order valence-electron chi connectivity index (χ2n) is 7.64. The highest BCUT2D eigenvalue weighted by atomic mass is 16.2. The molecule has 1 aromatic heterocycles. The monoisotopic (exact) mass is 370 g/mol. The summed E-state index contributed by atoms with van der Waals surface area (Å²) in [7, 11) is 2.04. The van der Waals surface area contributed by atoms with Crippen LogP contribution in [0.25, 0.3) is 10.9 Å². The number of amides is 3. The van der Waals surface area contributed by atoms with E-state index in [9.17, 15) is 9.59 Å². The number of hydrogen-bond donors (Lipinski definition) is 1. The van der Waals surface area contributed by atoms with Crippen molar-refractivity contribution in [1.82, 2.24) is 19.7 Å². The highest BCUT2D eigenvalue weighted by molar-refractivity contribution is 5.90. The number of rotatable bonds is 3. The fourth-order valence-corrected chi connectivity index (χ4v) is 3.79. The Labute approximate surface area is 161 Å². The van der Waals surface area contributed by atoms with Crippen molar-refractivity contribution in [2.45, 2.75) is 39.7 Å². The quantitative estimate of drug-likeness (QED) is 0.903. The Morgan fingerprint density at radius 1 is 1.07 bits per heavy atom. The molecule has 1 aromatic carbocycles. The summed E-state index contributed by atoms with van der Waals surface area (Å²) in [5, 5.41) is 4.09. The van der Waals surface area contributed by atoms with E-state index in [2.05, 4.69) is 28.9 Å². The molecule has 2 heterocycles. The van der Waals surface area contributed by atoms with Gasteiger partial charge in [-0.05, 0) is 38.8 Å². The van der Waals surface area contributed by atoms with Gasteiger partial charge in [-0.15, -0.1) is 0 Å². The number of benzene rings is 1. The van der Waals surface area contributed by atoms with Gasteiger partial charge >= 0.3 is 6.03 Å². The fraction of sp³-hybridized carbons (Fsp3) is 0.524. The Morgan fingerprint density at radius 3 is 2.48 bits per heavy atom. The summed E-state index contributed by atoms with van der Waals surface area (Å²) < 4.78 is 2.15. The first-order valence-corrected chi connectivity index (χ1v) is 9.74. The van der Waals surface area contributed by atoms with Crippen LogP contribution in [0.2, 0.25) is 0 Å². The highest BCUT2D eigenvalue weighted by Gasteiger charge is 2.24. The van der Waals surface area contributed by atoms with Crippen molar-refractivity contribution in [2.24, 2.45) is 7.05 Å². The molecule has 6 heteroatoms. The second kappa shape index (κ2) is 8.03. The minimum atomic E-state index is -0.0378.